The average Bonchev–Trinajstić information content (AvgIpc) is 2.54. The zero-order chi connectivity index (χ0) is 18.5. The fourth-order valence-corrected chi connectivity index (χ4v) is 2.66. The van der Waals surface area contributed by atoms with Gasteiger partial charge in [0.05, 0.1) is 10.9 Å². The van der Waals surface area contributed by atoms with Gasteiger partial charge >= 0.3 is 11.9 Å². The first-order valence-electron chi connectivity index (χ1n) is 7.14. The molecule has 0 aromatic carbocycles. The number of allylic oxidation sites excluding steroid dienone is 1. The number of carbonyl (C=O) groups is 2. The molecule has 1 aromatic rings. The SMILES string of the molecule is C=CCCCC(NC)Sc1nc(C)ccc1C#N.O=C(O)C(=O)O. The van der Waals surface area contributed by atoms with Gasteiger partial charge in [-0.15, -0.1) is 6.58 Å². The lowest BCUT2D eigenvalue weighted by atomic mass is 10.2. The molecule has 0 amide bonds. The Hall–Kier alpha value is -2.37. The van der Waals surface area contributed by atoms with Crippen molar-refractivity contribution in [3.63, 3.8) is 0 Å². The fourth-order valence-electron chi connectivity index (χ4n) is 1.55. The molecular weight excluding hydrogens is 330 g/mol. The molecule has 1 atom stereocenters. The number of rotatable bonds is 7. The van der Waals surface area contributed by atoms with Crippen molar-refractivity contribution in [1.82, 2.24) is 10.3 Å². The Labute approximate surface area is 145 Å². The highest BCUT2D eigenvalue weighted by molar-refractivity contribution is 7.99. The van der Waals surface area contributed by atoms with E-state index in [4.69, 9.17) is 25.1 Å². The van der Waals surface area contributed by atoms with E-state index in [-0.39, 0.29) is 5.37 Å². The molecule has 0 aliphatic heterocycles. The predicted molar refractivity (Wildman–Crippen MR) is 91.7 cm³/mol. The molecule has 0 aliphatic rings. The number of hydrogen-bond donors (Lipinski definition) is 3. The van der Waals surface area contributed by atoms with Crippen molar-refractivity contribution >= 4 is 23.7 Å². The van der Waals surface area contributed by atoms with Crippen molar-refractivity contribution in [2.45, 2.75) is 36.6 Å². The second-order valence-electron chi connectivity index (χ2n) is 4.64. The number of aryl methyl sites for hydroxylation is 1. The smallest absolute Gasteiger partial charge is 0.414 e. The molecule has 7 nitrogen and oxygen atoms in total. The summed E-state index contributed by atoms with van der Waals surface area (Å²) < 4.78 is 0. The van der Waals surface area contributed by atoms with Crippen LogP contribution in [-0.2, 0) is 9.59 Å². The minimum absolute atomic E-state index is 0.284. The molecule has 0 aliphatic carbocycles. The van der Waals surface area contributed by atoms with Gasteiger partial charge in [-0.1, -0.05) is 17.8 Å². The maximum Gasteiger partial charge on any atom is 0.414 e. The van der Waals surface area contributed by atoms with E-state index in [2.05, 4.69) is 22.9 Å². The average molecular weight is 351 g/mol. The van der Waals surface area contributed by atoms with Gasteiger partial charge in [-0.25, -0.2) is 14.6 Å². The number of carboxylic acids is 2. The fraction of sp³-hybridized carbons (Fsp3) is 0.375. The Morgan fingerprint density at radius 1 is 1.46 bits per heavy atom. The summed E-state index contributed by atoms with van der Waals surface area (Å²) in [4.78, 5) is 22.6. The van der Waals surface area contributed by atoms with Gasteiger partial charge in [0.1, 0.15) is 11.1 Å². The van der Waals surface area contributed by atoms with E-state index < -0.39 is 11.9 Å². The van der Waals surface area contributed by atoms with Crippen LogP contribution in [0.1, 0.15) is 30.5 Å². The van der Waals surface area contributed by atoms with Crippen molar-refractivity contribution in [3.05, 3.63) is 36.0 Å². The third-order valence-corrected chi connectivity index (χ3v) is 4.04. The van der Waals surface area contributed by atoms with Crippen molar-refractivity contribution in [1.29, 1.82) is 5.26 Å². The molecule has 1 heterocycles. The van der Waals surface area contributed by atoms with Crippen LogP contribution in [0.15, 0.2) is 29.8 Å². The third kappa shape index (κ3) is 8.92. The Bertz CT molecular complexity index is 602. The van der Waals surface area contributed by atoms with Gasteiger partial charge in [-0.05, 0) is 45.4 Å². The number of nitrogens with one attached hydrogen (secondary N) is 1. The molecule has 0 saturated heterocycles. The second-order valence-corrected chi connectivity index (χ2v) is 5.83. The van der Waals surface area contributed by atoms with Crippen LogP contribution in [-0.4, -0.2) is 39.6 Å². The summed E-state index contributed by atoms with van der Waals surface area (Å²) >= 11 is 1.63. The van der Waals surface area contributed by atoms with Crippen LogP contribution in [0.4, 0.5) is 0 Å². The van der Waals surface area contributed by atoms with Crippen LogP contribution < -0.4 is 5.32 Å². The number of hydrogen-bond acceptors (Lipinski definition) is 6. The summed E-state index contributed by atoms with van der Waals surface area (Å²) in [5, 5.41) is 28.2. The number of pyridine rings is 1. The summed E-state index contributed by atoms with van der Waals surface area (Å²) in [7, 11) is 1.94. The van der Waals surface area contributed by atoms with Gasteiger partial charge in [-0.2, -0.15) is 5.26 Å². The first-order chi connectivity index (χ1) is 11.3. The summed E-state index contributed by atoms with van der Waals surface area (Å²) in [5.74, 6) is -3.65. The lowest BCUT2D eigenvalue weighted by Gasteiger charge is -2.15. The van der Waals surface area contributed by atoms with E-state index in [1.54, 1.807) is 11.8 Å². The first kappa shape index (κ1) is 21.6. The minimum atomic E-state index is -1.82. The third-order valence-electron chi connectivity index (χ3n) is 2.75. The van der Waals surface area contributed by atoms with Crippen LogP contribution in [0, 0.1) is 18.3 Å². The van der Waals surface area contributed by atoms with E-state index in [0.29, 0.717) is 5.56 Å². The largest absolute Gasteiger partial charge is 0.473 e. The summed E-state index contributed by atoms with van der Waals surface area (Å²) in [5.41, 5.74) is 1.59. The monoisotopic (exact) mass is 351 g/mol. The number of nitriles is 1. The first-order valence-corrected chi connectivity index (χ1v) is 8.02. The van der Waals surface area contributed by atoms with E-state index >= 15 is 0 Å². The second kappa shape index (κ2) is 12.1. The van der Waals surface area contributed by atoms with Crippen molar-refractivity contribution in [2.24, 2.45) is 0 Å². The van der Waals surface area contributed by atoms with Crippen LogP contribution in [0.3, 0.4) is 0 Å². The normalized spacial score (nSPS) is 10.7. The van der Waals surface area contributed by atoms with Crippen LogP contribution in [0.5, 0.6) is 0 Å². The molecule has 1 unspecified atom stereocenters. The van der Waals surface area contributed by atoms with E-state index in [1.165, 1.54) is 0 Å². The Morgan fingerprint density at radius 3 is 2.54 bits per heavy atom. The molecule has 0 saturated carbocycles. The van der Waals surface area contributed by atoms with E-state index in [1.807, 2.05) is 32.2 Å². The predicted octanol–water partition coefficient (Wildman–Crippen LogP) is 2.41. The quantitative estimate of drug-likeness (QED) is 0.225. The van der Waals surface area contributed by atoms with Gasteiger partial charge in [-0.3, -0.25) is 0 Å². The number of thioether (sulfide) groups is 1. The maximum absolute atomic E-state index is 9.10. The highest BCUT2D eigenvalue weighted by Gasteiger charge is 2.12. The Morgan fingerprint density at radius 2 is 2.08 bits per heavy atom. The highest BCUT2D eigenvalue weighted by Crippen LogP contribution is 2.26. The lowest BCUT2D eigenvalue weighted by molar-refractivity contribution is -0.159. The summed E-state index contributed by atoms with van der Waals surface area (Å²) in [6.07, 6.45) is 5.08. The van der Waals surface area contributed by atoms with Crippen molar-refractivity contribution < 1.29 is 19.8 Å². The Balaban J connectivity index is 0.000000754. The number of nitrogens with zero attached hydrogens (tertiary/aromatic N) is 2. The lowest BCUT2D eigenvalue weighted by Crippen LogP contribution is -2.21. The standard InChI is InChI=1S/C14H19N3S.C2H2O4/c1-4-5-6-7-13(16-3)18-14-12(10-15)9-8-11(2)17-14;3-1(4)2(5)6/h4,8-9,13,16H,1,5-7H2,2-3H3;(H,3,4)(H,5,6). The summed E-state index contributed by atoms with van der Waals surface area (Å²) in [6.45, 7) is 5.67. The molecule has 8 heteroatoms. The van der Waals surface area contributed by atoms with Gasteiger partial charge in [0, 0.05) is 5.69 Å². The highest BCUT2D eigenvalue weighted by atomic mass is 32.2. The van der Waals surface area contributed by atoms with Crippen LogP contribution >= 0.6 is 11.8 Å². The van der Waals surface area contributed by atoms with Crippen LogP contribution in [0.2, 0.25) is 0 Å². The molecule has 3 N–H and O–H groups in total. The number of unbranched alkanes of at least 4 members (excludes halogenated alkanes) is 1. The number of aromatic nitrogens is 1. The molecule has 1 rings (SSSR count). The Kier molecular flexibility index (Phi) is 10.9. The van der Waals surface area contributed by atoms with Gasteiger partial charge in [0.15, 0.2) is 0 Å². The molecule has 130 valence electrons. The maximum atomic E-state index is 9.10. The molecule has 1 aromatic heterocycles. The molecule has 0 spiro atoms. The zero-order valence-electron chi connectivity index (χ0n) is 13.7. The van der Waals surface area contributed by atoms with Gasteiger partial charge < -0.3 is 15.5 Å². The molecule has 0 fully saturated rings. The zero-order valence-corrected chi connectivity index (χ0v) is 14.5. The van der Waals surface area contributed by atoms with Crippen molar-refractivity contribution in [2.75, 3.05) is 7.05 Å². The molecule has 0 bridgehead atoms. The summed E-state index contributed by atoms with van der Waals surface area (Å²) in [6, 6.07) is 5.90. The minimum Gasteiger partial charge on any atom is -0.473 e. The topological polar surface area (TPSA) is 123 Å². The number of aliphatic carboxylic acids is 2. The van der Waals surface area contributed by atoms with Gasteiger partial charge in [0.2, 0.25) is 0 Å². The van der Waals surface area contributed by atoms with Crippen molar-refractivity contribution in [3.8, 4) is 6.07 Å². The number of carboxylic acid groups (broad SMARTS) is 2. The van der Waals surface area contributed by atoms with Crippen LogP contribution in [0.25, 0.3) is 0 Å². The molecule has 0 radical (unpaired) electrons. The van der Waals surface area contributed by atoms with E-state index in [0.717, 1.165) is 30.0 Å². The van der Waals surface area contributed by atoms with E-state index in [9.17, 15) is 0 Å². The molecule has 24 heavy (non-hydrogen) atoms. The molecular formula is C16H21N3O4S. The van der Waals surface area contributed by atoms with Gasteiger partial charge in [0.25, 0.3) is 0 Å².